The fraction of sp³-hybridized carbons (Fsp3) is 0.533. The van der Waals surface area contributed by atoms with Gasteiger partial charge in [-0.15, -0.1) is 0 Å². The second-order valence-electron chi connectivity index (χ2n) is 5.89. The summed E-state index contributed by atoms with van der Waals surface area (Å²) in [6.07, 6.45) is 0. The van der Waals surface area contributed by atoms with Gasteiger partial charge in [0.05, 0.1) is 11.3 Å². The molecular formula is C15H23FN2O. The number of carbonyl (C=O) groups is 1. The molecule has 3 nitrogen and oxygen atoms in total. The van der Waals surface area contributed by atoms with Crippen LogP contribution in [-0.4, -0.2) is 19.5 Å². The van der Waals surface area contributed by atoms with E-state index in [2.05, 4.69) is 38.3 Å². The van der Waals surface area contributed by atoms with Gasteiger partial charge in [0.1, 0.15) is 5.82 Å². The lowest BCUT2D eigenvalue weighted by Gasteiger charge is -2.27. The summed E-state index contributed by atoms with van der Waals surface area (Å²) in [6, 6.07) is 4.49. The Morgan fingerprint density at radius 3 is 2.53 bits per heavy atom. The number of rotatable bonds is 4. The number of hydrogen-bond acceptors (Lipinski definition) is 2. The minimum atomic E-state index is -0.418. The second-order valence-corrected chi connectivity index (χ2v) is 5.89. The SMILES string of the molecule is CNc1c(F)cccc1C(=O)NCC(C)C(C)(C)C. The highest BCUT2D eigenvalue weighted by atomic mass is 19.1. The Kier molecular flexibility index (Phi) is 4.92. The molecule has 0 radical (unpaired) electrons. The third-order valence-corrected chi connectivity index (χ3v) is 3.56. The van der Waals surface area contributed by atoms with E-state index in [1.807, 2.05) is 0 Å². The fourth-order valence-electron chi connectivity index (χ4n) is 1.61. The van der Waals surface area contributed by atoms with Gasteiger partial charge in [0.25, 0.3) is 5.91 Å². The minimum absolute atomic E-state index is 0.126. The summed E-state index contributed by atoms with van der Waals surface area (Å²) < 4.78 is 13.6. The van der Waals surface area contributed by atoms with E-state index < -0.39 is 5.82 Å². The summed E-state index contributed by atoms with van der Waals surface area (Å²) in [6.45, 7) is 9.05. The monoisotopic (exact) mass is 266 g/mol. The first-order valence-corrected chi connectivity index (χ1v) is 6.51. The molecule has 4 heteroatoms. The Morgan fingerprint density at radius 1 is 1.37 bits per heavy atom. The topological polar surface area (TPSA) is 41.1 Å². The van der Waals surface area contributed by atoms with Crippen molar-refractivity contribution in [1.29, 1.82) is 0 Å². The van der Waals surface area contributed by atoms with Crippen molar-refractivity contribution >= 4 is 11.6 Å². The van der Waals surface area contributed by atoms with E-state index in [1.54, 1.807) is 13.1 Å². The predicted molar refractivity (Wildman–Crippen MR) is 76.9 cm³/mol. The van der Waals surface area contributed by atoms with E-state index in [0.717, 1.165) is 0 Å². The molecule has 0 aliphatic heterocycles. The first kappa shape index (κ1) is 15.5. The average molecular weight is 266 g/mol. The molecule has 0 bridgehead atoms. The summed E-state index contributed by atoms with van der Waals surface area (Å²) in [7, 11) is 1.60. The maximum atomic E-state index is 13.6. The zero-order chi connectivity index (χ0) is 14.6. The third kappa shape index (κ3) is 3.94. The third-order valence-electron chi connectivity index (χ3n) is 3.56. The van der Waals surface area contributed by atoms with Crippen LogP contribution in [0.15, 0.2) is 18.2 Å². The molecule has 0 spiro atoms. The van der Waals surface area contributed by atoms with Gasteiger partial charge in [-0.25, -0.2) is 4.39 Å². The Bertz CT molecular complexity index is 452. The first-order chi connectivity index (χ1) is 8.77. The van der Waals surface area contributed by atoms with Crippen LogP contribution in [0.25, 0.3) is 0 Å². The van der Waals surface area contributed by atoms with Crippen LogP contribution in [-0.2, 0) is 0 Å². The number of hydrogen-bond donors (Lipinski definition) is 2. The molecule has 1 atom stereocenters. The van der Waals surface area contributed by atoms with Crippen LogP contribution in [0.2, 0.25) is 0 Å². The van der Waals surface area contributed by atoms with Crippen LogP contribution in [0.4, 0.5) is 10.1 Å². The van der Waals surface area contributed by atoms with Gasteiger partial charge in [-0.3, -0.25) is 4.79 Å². The zero-order valence-corrected chi connectivity index (χ0v) is 12.3. The molecule has 2 N–H and O–H groups in total. The molecule has 0 saturated carbocycles. The molecule has 0 aliphatic rings. The normalized spacial score (nSPS) is 12.9. The van der Waals surface area contributed by atoms with E-state index in [-0.39, 0.29) is 17.0 Å². The molecule has 0 heterocycles. The van der Waals surface area contributed by atoms with Gasteiger partial charge < -0.3 is 10.6 Å². The second kappa shape index (κ2) is 6.04. The largest absolute Gasteiger partial charge is 0.385 e. The number of halogens is 1. The highest BCUT2D eigenvalue weighted by Gasteiger charge is 2.21. The number of amides is 1. The quantitative estimate of drug-likeness (QED) is 0.878. The lowest BCUT2D eigenvalue weighted by atomic mass is 9.82. The number of carbonyl (C=O) groups excluding carboxylic acids is 1. The maximum absolute atomic E-state index is 13.6. The van der Waals surface area contributed by atoms with Crippen LogP contribution in [0.1, 0.15) is 38.1 Å². The van der Waals surface area contributed by atoms with Gasteiger partial charge in [-0.05, 0) is 23.5 Å². The summed E-state index contributed by atoms with van der Waals surface area (Å²) >= 11 is 0. The van der Waals surface area contributed by atoms with E-state index in [9.17, 15) is 9.18 Å². The summed E-state index contributed by atoms with van der Waals surface area (Å²) in [5.74, 6) is -0.331. The maximum Gasteiger partial charge on any atom is 0.253 e. The lowest BCUT2D eigenvalue weighted by Crippen LogP contribution is -2.34. The molecular weight excluding hydrogens is 243 g/mol. The van der Waals surface area contributed by atoms with E-state index in [0.29, 0.717) is 18.0 Å². The van der Waals surface area contributed by atoms with Gasteiger partial charge >= 0.3 is 0 Å². The summed E-state index contributed by atoms with van der Waals surface area (Å²) in [5, 5.41) is 5.59. The number of nitrogens with one attached hydrogen (secondary N) is 2. The number of para-hydroxylation sites is 1. The molecule has 1 rings (SSSR count). The van der Waals surface area contributed by atoms with Crippen LogP contribution >= 0.6 is 0 Å². The first-order valence-electron chi connectivity index (χ1n) is 6.51. The van der Waals surface area contributed by atoms with Crippen LogP contribution < -0.4 is 10.6 Å². The van der Waals surface area contributed by atoms with Crippen LogP contribution in [0.5, 0.6) is 0 Å². The van der Waals surface area contributed by atoms with Gasteiger partial charge in [0.2, 0.25) is 0 Å². The summed E-state index contributed by atoms with van der Waals surface area (Å²) in [4.78, 5) is 12.1. The lowest BCUT2D eigenvalue weighted by molar-refractivity contribution is 0.0937. The molecule has 0 aromatic heterocycles. The van der Waals surface area contributed by atoms with Crippen molar-refractivity contribution in [2.45, 2.75) is 27.7 Å². The standard InChI is InChI=1S/C15H23FN2O/c1-10(15(2,3)4)9-18-14(19)11-7-6-8-12(16)13(11)17-5/h6-8,10,17H,9H2,1-5H3,(H,18,19). The van der Waals surface area contributed by atoms with E-state index in [4.69, 9.17) is 0 Å². The van der Waals surface area contributed by atoms with Crippen molar-refractivity contribution < 1.29 is 9.18 Å². The smallest absolute Gasteiger partial charge is 0.253 e. The van der Waals surface area contributed by atoms with Crippen LogP contribution in [0.3, 0.4) is 0 Å². The van der Waals surface area contributed by atoms with Gasteiger partial charge in [0, 0.05) is 13.6 Å². The van der Waals surface area contributed by atoms with E-state index in [1.165, 1.54) is 12.1 Å². The fourth-order valence-corrected chi connectivity index (χ4v) is 1.61. The van der Waals surface area contributed by atoms with E-state index >= 15 is 0 Å². The van der Waals surface area contributed by atoms with Crippen molar-refractivity contribution in [2.75, 3.05) is 18.9 Å². The van der Waals surface area contributed by atoms with Crippen LogP contribution in [0, 0.1) is 17.2 Å². The zero-order valence-electron chi connectivity index (χ0n) is 12.3. The van der Waals surface area contributed by atoms with Crippen molar-refractivity contribution in [3.63, 3.8) is 0 Å². The average Bonchev–Trinajstić information content (AvgIpc) is 2.33. The van der Waals surface area contributed by atoms with Gasteiger partial charge in [-0.2, -0.15) is 0 Å². The Morgan fingerprint density at radius 2 is 2.00 bits per heavy atom. The van der Waals surface area contributed by atoms with Gasteiger partial charge in [0.15, 0.2) is 0 Å². The van der Waals surface area contributed by atoms with Crippen molar-refractivity contribution in [3.8, 4) is 0 Å². The Balaban J connectivity index is 2.77. The number of benzene rings is 1. The summed E-state index contributed by atoms with van der Waals surface area (Å²) in [5.41, 5.74) is 0.702. The number of anilines is 1. The molecule has 0 aliphatic carbocycles. The minimum Gasteiger partial charge on any atom is -0.385 e. The molecule has 0 fully saturated rings. The highest BCUT2D eigenvalue weighted by Crippen LogP contribution is 2.25. The molecule has 1 aromatic carbocycles. The van der Waals surface area contributed by atoms with Crippen molar-refractivity contribution in [3.05, 3.63) is 29.6 Å². The highest BCUT2D eigenvalue weighted by molar-refractivity contribution is 5.99. The molecule has 106 valence electrons. The molecule has 1 unspecified atom stereocenters. The Labute approximate surface area is 114 Å². The molecule has 1 aromatic rings. The van der Waals surface area contributed by atoms with Crippen molar-refractivity contribution in [1.82, 2.24) is 5.32 Å². The Hall–Kier alpha value is -1.58. The molecule has 1 amide bonds. The predicted octanol–water partition coefficient (Wildman–Crippen LogP) is 3.28. The van der Waals surface area contributed by atoms with Crippen molar-refractivity contribution in [2.24, 2.45) is 11.3 Å². The van der Waals surface area contributed by atoms with Gasteiger partial charge in [-0.1, -0.05) is 33.8 Å². The molecule has 0 saturated heterocycles. The molecule has 19 heavy (non-hydrogen) atoms.